The van der Waals surface area contributed by atoms with Gasteiger partial charge < -0.3 is 9.47 Å². The lowest BCUT2D eigenvalue weighted by Gasteiger charge is -2.34. The summed E-state index contributed by atoms with van der Waals surface area (Å²) in [6.45, 7) is 8.42. The van der Waals surface area contributed by atoms with E-state index in [9.17, 15) is 9.59 Å². The topological polar surface area (TPSA) is 52.6 Å². The van der Waals surface area contributed by atoms with Crippen molar-refractivity contribution in [1.29, 1.82) is 0 Å². The summed E-state index contributed by atoms with van der Waals surface area (Å²) in [5, 5.41) is 0. The molecule has 0 spiro atoms. The minimum atomic E-state index is -0.493. The molecule has 0 unspecified atom stereocenters. The van der Waals surface area contributed by atoms with E-state index < -0.39 is 5.97 Å². The van der Waals surface area contributed by atoms with E-state index >= 15 is 0 Å². The molecular weight excluding hydrogens is 280 g/mol. The van der Waals surface area contributed by atoms with E-state index in [1.54, 1.807) is 6.92 Å². The summed E-state index contributed by atoms with van der Waals surface area (Å²) in [7, 11) is 1.31. The first-order valence-electron chi connectivity index (χ1n) is 7.98. The second kappa shape index (κ2) is 8.16. The Morgan fingerprint density at radius 2 is 2.00 bits per heavy atom. The van der Waals surface area contributed by atoms with Crippen LogP contribution in [-0.2, 0) is 19.1 Å². The van der Waals surface area contributed by atoms with Gasteiger partial charge in [-0.15, -0.1) is 0 Å². The average Bonchev–Trinajstić information content (AvgIpc) is 2.45. The Morgan fingerprint density at radius 3 is 2.55 bits per heavy atom. The lowest BCUT2D eigenvalue weighted by Crippen LogP contribution is -2.20. The second-order valence-electron chi connectivity index (χ2n) is 6.46. The van der Waals surface area contributed by atoms with E-state index in [-0.39, 0.29) is 17.8 Å². The zero-order chi connectivity index (χ0) is 16.8. The molecule has 0 saturated heterocycles. The third-order valence-corrected chi connectivity index (χ3v) is 4.32. The van der Waals surface area contributed by atoms with Gasteiger partial charge in [-0.05, 0) is 38.0 Å². The first kappa shape index (κ1) is 18.5. The predicted octanol–water partition coefficient (Wildman–Crippen LogP) is 4.30. The zero-order valence-corrected chi connectivity index (χ0v) is 14.5. The quantitative estimate of drug-likeness (QED) is 0.318. The van der Waals surface area contributed by atoms with Crippen LogP contribution in [0.3, 0.4) is 0 Å². The molecule has 1 aliphatic rings. The Bertz CT molecular complexity index is 483. The number of carbonyl (C=O) groups excluding carboxylic acids is 2. The van der Waals surface area contributed by atoms with Crippen LogP contribution in [0.2, 0.25) is 0 Å². The van der Waals surface area contributed by atoms with Crippen molar-refractivity contribution in [3.8, 4) is 0 Å². The first-order chi connectivity index (χ1) is 10.3. The first-order valence-corrected chi connectivity index (χ1v) is 7.98. The summed E-state index contributed by atoms with van der Waals surface area (Å²) in [5.74, 6) is -0.434. The van der Waals surface area contributed by atoms with Gasteiger partial charge in [0.15, 0.2) is 0 Å². The van der Waals surface area contributed by atoms with Crippen molar-refractivity contribution in [1.82, 2.24) is 0 Å². The number of hydrogen-bond donors (Lipinski definition) is 0. The van der Waals surface area contributed by atoms with E-state index in [0.29, 0.717) is 12.2 Å². The standard InChI is InChI=1S/C18H28O4/c1-6-16(19)22-14(12-17(20)21-5)9-10-15-13(2)8-7-11-18(15,3)4/h12H,6-11H2,1-5H3. The lowest BCUT2D eigenvalue weighted by molar-refractivity contribution is -0.139. The van der Waals surface area contributed by atoms with Gasteiger partial charge in [0.05, 0.1) is 13.2 Å². The van der Waals surface area contributed by atoms with E-state index in [4.69, 9.17) is 4.74 Å². The van der Waals surface area contributed by atoms with Crippen LogP contribution < -0.4 is 0 Å². The van der Waals surface area contributed by atoms with Crippen LogP contribution in [-0.4, -0.2) is 19.0 Å². The summed E-state index contributed by atoms with van der Waals surface area (Å²) in [4.78, 5) is 22.9. The molecule has 0 amide bonds. The third kappa shape index (κ3) is 5.32. The van der Waals surface area contributed by atoms with Gasteiger partial charge >= 0.3 is 11.9 Å². The van der Waals surface area contributed by atoms with Gasteiger partial charge in [0, 0.05) is 12.8 Å². The van der Waals surface area contributed by atoms with E-state index in [1.807, 2.05) is 0 Å². The number of methoxy groups -OCH3 is 1. The van der Waals surface area contributed by atoms with Gasteiger partial charge in [0.1, 0.15) is 5.76 Å². The summed E-state index contributed by atoms with van der Waals surface area (Å²) < 4.78 is 9.90. The lowest BCUT2D eigenvalue weighted by atomic mass is 9.71. The van der Waals surface area contributed by atoms with Crippen molar-refractivity contribution in [3.63, 3.8) is 0 Å². The summed E-state index contributed by atoms with van der Waals surface area (Å²) in [5.41, 5.74) is 3.02. The molecule has 0 aromatic rings. The van der Waals surface area contributed by atoms with Crippen LogP contribution in [0.25, 0.3) is 0 Å². The molecule has 22 heavy (non-hydrogen) atoms. The SMILES string of the molecule is CCC(=O)OC(=CC(=O)OC)CCC1=C(C)CCCC1(C)C. The molecule has 0 radical (unpaired) electrons. The molecule has 0 fully saturated rings. The molecule has 124 valence electrons. The number of carbonyl (C=O) groups is 2. The van der Waals surface area contributed by atoms with Gasteiger partial charge in [0.25, 0.3) is 0 Å². The third-order valence-electron chi connectivity index (χ3n) is 4.32. The van der Waals surface area contributed by atoms with Gasteiger partial charge in [-0.25, -0.2) is 4.79 Å². The maximum Gasteiger partial charge on any atom is 0.333 e. The molecule has 4 heteroatoms. The highest BCUT2D eigenvalue weighted by Gasteiger charge is 2.28. The van der Waals surface area contributed by atoms with E-state index in [1.165, 1.54) is 37.2 Å². The van der Waals surface area contributed by atoms with E-state index in [2.05, 4.69) is 25.5 Å². The highest BCUT2D eigenvalue weighted by atomic mass is 16.5. The van der Waals surface area contributed by atoms with Crippen molar-refractivity contribution in [3.05, 3.63) is 23.0 Å². The van der Waals surface area contributed by atoms with Crippen LogP contribution in [0, 0.1) is 5.41 Å². The summed E-state index contributed by atoms with van der Waals surface area (Å²) >= 11 is 0. The van der Waals surface area contributed by atoms with Crippen molar-refractivity contribution >= 4 is 11.9 Å². The molecule has 0 bridgehead atoms. The Kier molecular flexibility index (Phi) is 6.85. The summed E-state index contributed by atoms with van der Waals surface area (Å²) in [6, 6.07) is 0. The average molecular weight is 308 g/mol. The van der Waals surface area contributed by atoms with Gasteiger partial charge in [-0.2, -0.15) is 0 Å². The number of allylic oxidation sites excluding steroid dienone is 3. The molecule has 0 saturated carbocycles. The largest absolute Gasteiger partial charge is 0.466 e. The zero-order valence-electron chi connectivity index (χ0n) is 14.5. The minimum Gasteiger partial charge on any atom is -0.466 e. The van der Waals surface area contributed by atoms with Crippen LogP contribution in [0.15, 0.2) is 23.0 Å². The second-order valence-corrected chi connectivity index (χ2v) is 6.46. The maximum absolute atomic E-state index is 11.5. The Balaban J connectivity index is 2.84. The molecule has 0 aromatic heterocycles. The number of hydrogen-bond acceptors (Lipinski definition) is 4. The molecule has 4 nitrogen and oxygen atoms in total. The Labute approximate surface area is 133 Å². The monoisotopic (exact) mass is 308 g/mol. The predicted molar refractivity (Wildman–Crippen MR) is 86.0 cm³/mol. The number of esters is 2. The van der Waals surface area contributed by atoms with Gasteiger partial charge in [-0.1, -0.05) is 31.9 Å². The number of ether oxygens (including phenoxy) is 2. The highest BCUT2D eigenvalue weighted by Crippen LogP contribution is 2.42. The van der Waals surface area contributed by atoms with Crippen molar-refractivity contribution in [2.45, 2.75) is 66.2 Å². The molecular formula is C18H28O4. The van der Waals surface area contributed by atoms with Gasteiger partial charge in [0.2, 0.25) is 0 Å². The van der Waals surface area contributed by atoms with Crippen LogP contribution in [0.4, 0.5) is 0 Å². The Morgan fingerprint density at radius 1 is 1.32 bits per heavy atom. The fourth-order valence-electron chi connectivity index (χ4n) is 3.04. The molecule has 0 aliphatic heterocycles. The van der Waals surface area contributed by atoms with Crippen molar-refractivity contribution < 1.29 is 19.1 Å². The van der Waals surface area contributed by atoms with Gasteiger partial charge in [-0.3, -0.25) is 4.79 Å². The molecule has 1 aliphatic carbocycles. The van der Waals surface area contributed by atoms with E-state index in [0.717, 1.165) is 12.8 Å². The molecule has 0 aromatic carbocycles. The smallest absolute Gasteiger partial charge is 0.333 e. The Hall–Kier alpha value is -1.58. The van der Waals surface area contributed by atoms with Crippen molar-refractivity contribution in [2.75, 3.05) is 7.11 Å². The molecule has 0 heterocycles. The van der Waals surface area contributed by atoms with Crippen molar-refractivity contribution in [2.24, 2.45) is 5.41 Å². The van der Waals surface area contributed by atoms with Crippen LogP contribution >= 0.6 is 0 Å². The summed E-state index contributed by atoms with van der Waals surface area (Å²) in [6.07, 6.45) is 6.42. The minimum absolute atomic E-state index is 0.174. The van der Waals surface area contributed by atoms with Crippen LogP contribution in [0.5, 0.6) is 0 Å². The highest BCUT2D eigenvalue weighted by molar-refractivity contribution is 5.83. The fraction of sp³-hybridized carbons (Fsp3) is 0.667. The van der Waals surface area contributed by atoms with Crippen LogP contribution in [0.1, 0.15) is 66.2 Å². The maximum atomic E-state index is 11.5. The molecule has 0 atom stereocenters. The normalized spacial score (nSPS) is 18.1. The molecule has 0 N–H and O–H groups in total. The fourth-order valence-corrected chi connectivity index (χ4v) is 3.04. The molecule has 1 rings (SSSR count). The number of rotatable bonds is 6.